The molecule has 8 heteroatoms. The number of ether oxygens (including phenoxy) is 3. The highest BCUT2D eigenvalue weighted by molar-refractivity contribution is 5.27. The zero-order valence-corrected chi connectivity index (χ0v) is 15.3. The molecular weight excluding hydrogens is 324 g/mol. The number of fused-ring (bicyclic) bond motifs is 1. The van der Waals surface area contributed by atoms with Crippen LogP contribution in [0.1, 0.15) is 52.1 Å². The Morgan fingerprint density at radius 3 is 2.84 bits per heavy atom. The van der Waals surface area contributed by atoms with Crippen molar-refractivity contribution in [1.29, 1.82) is 0 Å². The van der Waals surface area contributed by atoms with Gasteiger partial charge in [-0.25, -0.2) is 4.98 Å². The second-order valence-corrected chi connectivity index (χ2v) is 7.41. The van der Waals surface area contributed by atoms with Crippen molar-refractivity contribution in [3.8, 4) is 0 Å². The quantitative estimate of drug-likeness (QED) is 0.657. The van der Waals surface area contributed by atoms with Crippen molar-refractivity contribution < 1.29 is 14.2 Å². The number of nitrogens with one attached hydrogen (secondary N) is 2. The average molecular weight is 352 g/mol. The first-order valence-corrected chi connectivity index (χ1v) is 8.83. The third-order valence-corrected chi connectivity index (χ3v) is 4.86. The third kappa shape index (κ3) is 3.44. The second-order valence-electron chi connectivity index (χ2n) is 7.41. The number of nitrogen functional groups attached to an aromatic ring is 1. The molecule has 2 aliphatic rings. The van der Waals surface area contributed by atoms with Crippen LogP contribution in [0.4, 0.5) is 5.95 Å². The molecular formula is C17H28N4O4. The van der Waals surface area contributed by atoms with E-state index in [9.17, 15) is 4.79 Å². The van der Waals surface area contributed by atoms with Gasteiger partial charge in [0.1, 0.15) is 11.7 Å². The Labute approximate surface area is 147 Å². The summed E-state index contributed by atoms with van der Waals surface area (Å²) >= 11 is 0. The van der Waals surface area contributed by atoms with Crippen LogP contribution in [-0.2, 0) is 14.2 Å². The molecule has 1 aromatic heterocycles. The van der Waals surface area contributed by atoms with Gasteiger partial charge in [-0.1, -0.05) is 13.3 Å². The van der Waals surface area contributed by atoms with E-state index in [-0.39, 0.29) is 29.7 Å². The van der Waals surface area contributed by atoms with Crippen LogP contribution in [0.2, 0.25) is 0 Å². The summed E-state index contributed by atoms with van der Waals surface area (Å²) in [6, 6.07) is -0.443. The van der Waals surface area contributed by atoms with Gasteiger partial charge in [-0.05, 0) is 27.2 Å². The van der Waals surface area contributed by atoms with Crippen LogP contribution in [0.25, 0.3) is 0 Å². The topological polar surface area (TPSA) is 111 Å². The van der Waals surface area contributed by atoms with Crippen molar-refractivity contribution in [3.05, 3.63) is 22.1 Å². The van der Waals surface area contributed by atoms with Crippen molar-refractivity contribution in [2.75, 3.05) is 18.9 Å². The van der Waals surface area contributed by atoms with Crippen molar-refractivity contribution >= 4 is 5.95 Å². The molecule has 4 atom stereocenters. The summed E-state index contributed by atoms with van der Waals surface area (Å²) in [5.74, 6) is -0.632. The van der Waals surface area contributed by atoms with E-state index < -0.39 is 11.4 Å². The molecule has 2 fully saturated rings. The molecule has 0 amide bonds. The van der Waals surface area contributed by atoms with Crippen molar-refractivity contribution in [2.24, 2.45) is 0 Å². The summed E-state index contributed by atoms with van der Waals surface area (Å²) in [5.41, 5.74) is 5.08. The van der Waals surface area contributed by atoms with Gasteiger partial charge in [0.15, 0.2) is 11.7 Å². The fraction of sp³-hybridized carbons (Fsp3) is 0.765. The molecule has 1 aromatic rings. The molecule has 0 aliphatic carbocycles. The van der Waals surface area contributed by atoms with Crippen molar-refractivity contribution in [1.82, 2.24) is 15.3 Å². The first-order chi connectivity index (χ1) is 11.8. The van der Waals surface area contributed by atoms with E-state index in [1.807, 2.05) is 20.8 Å². The highest BCUT2D eigenvalue weighted by Gasteiger charge is 2.62. The largest absolute Gasteiger partial charge is 0.380 e. The maximum atomic E-state index is 12.4. The summed E-state index contributed by atoms with van der Waals surface area (Å²) in [6.07, 6.45) is 3.37. The summed E-state index contributed by atoms with van der Waals surface area (Å²) < 4.78 is 18.2. The minimum atomic E-state index is -0.727. The predicted molar refractivity (Wildman–Crippen MR) is 93.1 cm³/mol. The summed E-state index contributed by atoms with van der Waals surface area (Å²) in [7, 11) is 0. The Morgan fingerprint density at radius 1 is 1.40 bits per heavy atom. The van der Waals surface area contributed by atoms with Crippen LogP contribution in [-0.4, -0.2) is 46.7 Å². The predicted octanol–water partition coefficient (Wildman–Crippen LogP) is 1.09. The first kappa shape index (κ1) is 18.3. The van der Waals surface area contributed by atoms with Gasteiger partial charge >= 0.3 is 0 Å². The standard InChI is InChI=1S/C17H28N4O4/c1-5-6-7-23-9-11-13-17(4,25-16(2,3)24-13)12(20-11)10-8-19-15(18)21-14(10)22/h8,11-13,20H,5-7,9H2,1-4H3,(H3,18,19,21,22)/t11-,12+,13-,17+/m1/s1. The SMILES string of the molecule is CCCCOC[C@H]1N[C@@H](c2cnc(N)[nH]c2=O)[C@]2(C)OC(C)(C)O[C@H]12. The van der Waals surface area contributed by atoms with E-state index in [1.165, 1.54) is 6.20 Å². The molecule has 3 heterocycles. The number of nitrogens with two attached hydrogens (primary N) is 1. The molecule has 3 rings (SSSR count). The number of aromatic amines is 1. The van der Waals surface area contributed by atoms with Crippen molar-refractivity contribution in [2.45, 2.75) is 70.1 Å². The molecule has 2 saturated heterocycles. The number of hydrogen-bond acceptors (Lipinski definition) is 7. The van der Waals surface area contributed by atoms with Gasteiger partial charge in [0.2, 0.25) is 0 Å². The lowest BCUT2D eigenvalue weighted by Gasteiger charge is -2.30. The Kier molecular flexibility index (Phi) is 4.89. The van der Waals surface area contributed by atoms with Crippen LogP contribution >= 0.6 is 0 Å². The molecule has 0 bridgehead atoms. The van der Waals surface area contributed by atoms with Gasteiger partial charge < -0.3 is 19.9 Å². The molecule has 4 N–H and O–H groups in total. The summed E-state index contributed by atoms with van der Waals surface area (Å²) in [5, 5.41) is 3.45. The van der Waals surface area contributed by atoms with Gasteiger partial charge in [-0.15, -0.1) is 0 Å². The van der Waals surface area contributed by atoms with Gasteiger partial charge in [-0.3, -0.25) is 15.1 Å². The zero-order chi connectivity index (χ0) is 18.2. The summed E-state index contributed by atoms with van der Waals surface area (Å²) in [4.78, 5) is 19.0. The number of anilines is 1. The van der Waals surface area contributed by atoms with E-state index in [2.05, 4.69) is 22.2 Å². The maximum absolute atomic E-state index is 12.4. The summed E-state index contributed by atoms with van der Waals surface area (Å²) in [6.45, 7) is 9.06. The van der Waals surface area contributed by atoms with E-state index in [4.69, 9.17) is 19.9 Å². The fourth-order valence-electron chi connectivity index (χ4n) is 3.82. The lowest BCUT2D eigenvalue weighted by atomic mass is 9.89. The van der Waals surface area contributed by atoms with E-state index in [0.29, 0.717) is 18.8 Å². The van der Waals surface area contributed by atoms with Gasteiger partial charge in [-0.2, -0.15) is 0 Å². The van der Waals surface area contributed by atoms with Gasteiger partial charge in [0.05, 0.1) is 24.3 Å². The second kappa shape index (κ2) is 6.68. The maximum Gasteiger partial charge on any atom is 0.257 e. The molecule has 2 aliphatic heterocycles. The van der Waals surface area contributed by atoms with E-state index >= 15 is 0 Å². The van der Waals surface area contributed by atoms with E-state index in [1.54, 1.807) is 0 Å². The molecule has 0 spiro atoms. The Balaban J connectivity index is 1.87. The minimum Gasteiger partial charge on any atom is -0.380 e. The lowest BCUT2D eigenvalue weighted by molar-refractivity contribution is -0.173. The fourth-order valence-corrected chi connectivity index (χ4v) is 3.82. The van der Waals surface area contributed by atoms with Crippen LogP contribution in [0.15, 0.2) is 11.0 Å². The van der Waals surface area contributed by atoms with Crippen molar-refractivity contribution in [3.63, 3.8) is 0 Å². The third-order valence-electron chi connectivity index (χ3n) is 4.86. The molecule has 8 nitrogen and oxygen atoms in total. The molecule has 140 valence electrons. The molecule has 0 radical (unpaired) electrons. The lowest BCUT2D eigenvalue weighted by Crippen LogP contribution is -2.42. The number of unbranched alkanes of at least 4 members (excludes halogenated alkanes) is 1. The van der Waals surface area contributed by atoms with Crippen LogP contribution < -0.4 is 16.6 Å². The first-order valence-electron chi connectivity index (χ1n) is 8.83. The number of rotatable bonds is 6. The molecule has 25 heavy (non-hydrogen) atoms. The average Bonchev–Trinajstić information content (AvgIpc) is 2.91. The van der Waals surface area contributed by atoms with Crippen LogP contribution in [0.3, 0.4) is 0 Å². The Hall–Kier alpha value is -1.48. The van der Waals surface area contributed by atoms with Gasteiger partial charge in [0.25, 0.3) is 5.56 Å². The number of aromatic nitrogens is 2. The highest BCUT2D eigenvalue weighted by atomic mass is 16.8. The minimum absolute atomic E-state index is 0.0782. The highest BCUT2D eigenvalue weighted by Crippen LogP contribution is 2.48. The van der Waals surface area contributed by atoms with Crippen LogP contribution in [0, 0.1) is 0 Å². The Morgan fingerprint density at radius 2 is 2.16 bits per heavy atom. The molecule has 0 aromatic carbocycles. The van der Waals surface area contributed by atoms with Gasteiger partial charge in [0, 0.05) is 12.8 Å². The zero-order valence-electron chi connectivity index (χ0n) is 15.3. The van der Waals surface area contributed by atoms with Crippen LogP contribution in [0.5, 0.6) is 0 Å². The Bertz CT molecular complexity index is 677. The molecule has 0 unspecified atom stereocenters. The molecule has 0 saturated carbocycles. The normalized spacial score (nSPS) is 33.5. The number of nitrogens with zero attached hydrogens (tertiary/aromatic N) is 1. The number of hydrogen-bond donors (Lipinski definition) is 3. The number of H-pyrrole nitrogens is 1. The van der Waals surface area contributed by atoms with E-state index in [0.717, 1.165) is 12.8 Å². The monoisotopic (exact) mass is 352 g/mol. The smallest absolute Gasteiger partial charge is 0.257 e.